The molecule has 0 radical (unpaired) electrons. The van der Waals surface area contributed by atoms with E-state index in [0.29, 0.717) is 15.7 Å². The fraction of sp³-hybridized carbons (Fsp3) is 0.0833. The first kappa shape index (κ1) is 20.4. The minimum absolute atomic E-state index is 0.250. The Kier molecular flexibility index (Phi) is 5.25. The average molecular weight is 462 g/mol. The lowest BCUT2D eigenvalue weighted by atomic mass is 9.97. The van der Waals surface area contributed by atoms with E-state index in [-0.39, 0.29) is 12.2 Å². The van der Waals surface area contributed by atoms with Crippen LogP contribution in [-0.2, 0) is 6.54 Å². The van der Waals surface area contributed by atoms with Gasteiger partial charge in [-0.1, -0.05) is 53.5 Å². The van der Waals surface area contributed by atoms with Gasteiger partial charge in [-0.05, 0) is 54.4 Å². The van der Waals surface area contributed by atoms with Gasteiger partial charge in [-0.2, -0.15) is 9.61 Å². The van der Waals surface area contributed by atoms with Gasteiger partial charge in [0.1, 0.15) is 0 Å². The highest BCUT2D eigenvalue weighted by Crippen LogP contribution is 2.34. The molecule has 158 valence electrons. The SMILES string of the molecule is Cc1cccc(Cn2nc3c(-c4ccc(Cl)cc4)c(-c4ccc(Cl)cc4)cnn3c2=O)n1. The van der Waals surface area contributed by atoms with E-state index in [1.165, 1.54) is 9.20 Å². The molecule has 3 aromatic heterocycles. The van der Waals surface area contributed by atoms with Gasteiger partial charge >= 0.3 is 5.69 Å². The van der Waals surface area contributed by atoms with Gasteiger partial charge in [0.15, 0.2) is 5.65 Å². The predicted molar refractivity (Wildman–Crippen MR) is 126 cm³/mol. The molecule has 0 amide bonds. The first-order valence-electron chi connectivity index (χ1n) is 9.93. The first-order valence-corrected chi connectivity index (χ1v) is 10.7. The standard InChI is InChI=1S/C24H17Cl2N5O/c1-15-3-2-4-20(28-15)14-30-24(32)31-23(29-30)22(17-7-11-19(26)12-8-17)21(13-27-31)16-5-9-18(25)10-6-16/h2-13H,14H2,1H3. The molecule has 8 heteroatoms. The second kappa shape index (κ2) is 8.22. The van der Waals surface area contributed by atoms with Crippen LogP contribution in [0.3, 0.4) is 0 Å². The maximum atomic E-state index is 13.1. The number of aryl methyl sites for hydroxylation is 1. The lowest BCUT2D eigenvalue weighted by molar-refractivity contribution is 0.638. The molecule has 2 aromatic carbocycles. The van der Waals surface area contributed by atoms with E-state index >= 15 is 0 Å². The molecule has 5 aromatic rings. The number of nitrogens with zero attached hydrogens (tertiary/aromatic N) is 5. The molecule has 0 saturated carbocycles. The maximum Gasteiger partial charge on any atom is 0.367 e. The van der Waals surface area contributed by atoms with Crippen molar-refractivity contribution in [2.45, 2.75) is 13.5 Å². The summed E-state index contributed by atoms with van der Waals surface area (Å²) in [6, 6.07) is 20.6. The summed E-state index contributed by atoms with van der Waals surface area (Å²) < 4.78 is 2.70. The van der Waals surface area contributed by atoms with Crippen LogP contribution in [0.4, 0.5) is 0 Å². The van der Waals surface area contributed by atoms with Crippen LogP contribution < -0.4 is 5.69 Å². The van der Waals surface area contributed by atoms with Crippen molar-refractivity contribution < 1.29 is 0 Å². The highest BCUT2D eigenvalue weighted by Gasteiger charge is 2.19. The van der Waals surface area contributed by atoms with Crippen LogP contribution in [0, 0.1) is 6.92 Å². The molecule has 0 aliphatic heterocycles. The summed E-state index contributed by atoms with van der Waals surface area (Å²) >= 11 is 12.2. The Labute approximate surface area is 193 Å². The third kappa shape index (κ3) is 3.79. The molecule has 5 rings (SSSR count). The van der Waals surface area contributed by atoms with Crippen LogP contribution in [0.25, 0.3) is 27.9 Å². The second-order valence-electron chi connectivity index (χ2n) is 7.39. The zero-order chi connectivity index (χ0) is 22.2. The largest absolute Gasteiger partial charge is 0.367 e. The topological polar surface area (TPSA) is 65.1 Å². The molecule has 0 spiro atoms. The van der Waals surface area contributed by atoms with Gasteiger partial charge in [-0.25, -0.2) is 9.48 Å². The smallest absolute Gasteiger partial charge is 0.256 e. The number of benzene rings is 2. The van der Waals surface area contributed by atoms with E-state index in [4.69, 9.17) is 23.2 Å². The minimum atomic E-state index is -0.332. The Morgan fingerprint density at radius 1 is 0.875 bits per heavy atom. The molecule has 0 N–H and O–H groups in total. The lowest BCUT2D eigenvalue weighted by Gasteiger charge is -2.11. The van der Waals surface area contributed by atoms with E-state index in [2.05, 4.69) is 15.2 Å². The van der Waals surface area contributed by atoms with E-state index in [1.54, 1.807) is 6.20 Å². The molecule has 0 saturated heterocycles. The minimum Gasteiger partial charge on any atom is -0.256 e. The highest BCUT2D eigenvalue weighted by atomic mass is 35.5. The molecule has 0 aliphatic carbocycles. The van der Waals surface area contributed by atoms with Gasteiger partial charge < -0.3 is 0 Å². The Morgan fingerprint density at radius 3 is 2.19 bits per heavy atom. The number of pyridine rings is 1. The van der Waals surface area contributed by atoms with Gasteiger partial charge in [-0.3, -0.25) is 4.98 Å². The van der Waals surface area contributed by atoms with Crippen molar-refractivity contribution in [2.24, 2.45) is 0 Å². The number of fused-ring (bicyclic) bond motifs is 1. The van der Waals surface area contributed by atoms with Crippen molar-refractivity contribution in [3.8, 4) is 22.3 Å². The normalized spacial score (nSPS) is 11.2. The van der Waals surface area contributed by atoms with Gasteiger partial charge in [0.25, 0.3) is 0 Å². The summed E-state index contributed by atoms with van der Waals surface area (Å²) in [7, 11) is 0. The summed E-state index contributed by atoms with van der Waals surface area (Å²) in [6.45, 7) is 2.16. The van der Waals surface area contributed by atoms with Crippen molar-refractivity contribution in [1.29, 1.82) is 0 Å². The molecule has 0 bridgehead atoms. The summed E-state index contributed by atoms with van der Waals surface area (Å²) in [6.07, 6.45) is 1.68. The summed E-state index contributed by atoms with van der Waals surface area (Å²) in [5.41, 5.74) is 5.16. The van der Waals surface area contributed by atoms with Crippen LogP contribution in [0.2, 0.25) is 10.0 Å². The van der Waals surface area contributed by atoms with Gasteiger partial charge in [0.05, 0.1) is 18.4 Å². The fourth-order valence-corrected chi connectivity index (χ4v) is 3.91. The second-order valence-corrected chi connectivity index (χ2v) is 8.27. The summed E-state index contributed by atoms with van der Waals surface area (Å²) in [5, 5.41) is 10.3. The maximum absolute atomic E-state index is 13.1. The number of aromatic nitrogens is 5. The van der Waals surface area contributed by atoms with Crippen molar-refractivity contribution in [1.82, 2.24) is 24.4 Å². The van der Waals surface area contributed by atoms with Gasteiger partial charge in [-0.15, -0.1) is 5.10 Å². The van der Waals surface area contributed by atoms with Crippen molar-refractivity contribution in [2.75, 3.05) is 0 Å². The van der Waals surface area contributed by atoms with E-state index in [9.17, 15) is 4.79 Å². The molecule has 6 nitrogen and oxygen atoms in total. The van der Waals surface area contributed by atoms with Crippen molar-refractivity contribution >= 4 is 28.8 Å². The molecule has 0 unspecified atom stereocenters. The quantitative estimate of drug-likeness (QED) is 0.365. The Morgan fingerprint density at radius 2 is 1.53 bits per heavy atom. The highest BCUT2D eigenvalue weighted by molar-refractivity contribution is 6.31. The molecule has 0 fully saturated rings. The third-order valence-electron chi connectivity index (χ3n) is 5.16. The van der Waals surface area contributed by atoms with E-state index < -0.39 is 0 Å². The summed E-state index contributed by atoms with van der Waals surface area (Å²) in [5.74, 6) is 0. The number of rotatable bonds is 4. The Balaban J connectivity index is 1.74. The zero-order valence-corrected chi connectivity index (χ0v) is 18.5. The Hall–Kier alpha value is -3.48. The molecular weight excluding hydrogens is 445 g/mol. The molecular formula is C24H17Cl2N5O. The average Bonchev–Trinajstić information content (AvgIpc) is 3.10. The zero-order valence-electron chi connectivity index (χ0n) is 17.0. The van der Waals surface area contributed by atoms with Gasteiger partial charge in [0, 0.05) is 26.9 Å². The van der Waals surface area contributed by atoms with Crippen LogP contribution >= 0.6 is 23.2 Å². The fourth-order valence-electron chi connectivity index (χ4n) is 3.65. The molecule has 32 heavy (non-hydrogen) atoms. The Bertz CT molecular complexity index is 1490. The van der Waals surface area contributed by atoms with Crippen LogP contribution in [-0.4, -0.2) is 24.4 Å². The predicted octanol–water partition coefficient (Wildman–Crippen LogP) is 5.28. The van der Waals surface area contributed by atoms with E-state index in [0.717, 1.165) is 33.6 Å². The van der Waals surface area contributed by atoms with Crippen molar-refractivity contribution in [3.05, 3.63) is 105 Å². The summed E-state index contributed by atoms with van der Waals surface area (Å²) in [4.78, 5) is 17.6. The van der Waals surface area contributed by atoms with Gasteiger partial charge in [0.2, 0.25) is 0 Å². The molecule has 3 heterocycles. The van der Waals surface area contributed by atoms with Crippen LogP contribution in [0.5, 0.6) is 0 Å². The number of hydrogen-bond acceptors (Lipinski definition) is 4. The molecule has 0 atom stereocenters. The first-order chi connectivity index (χ1) is 15.5. The number of halogens is 2. The van der Waals surface area contributed by atoms with Crippen LogP contribution in [0.15, 0.2) is 77.7 Å². The van der Waals surface area contributed by atoms with E-state index in [1.807, 2.05) is 73.7 Å². The lowest BCUT2D eigenvalue weighted by Crippen LogP contribution is -2.23. The third-order valence-corrected chi connectivity index (χ3v) is 5.66. The van der Waals surface area contributed by atoms with Crippen molar-refractivity contribution in [3.63, 3.8) is 0 Å². The number of hydrogen-bond donors (Lipinski definition) is 0. The van der Waals surface area contributed by atoms with Crippen LogP contribution in [0.1, 0.15) is 11.4 Å². The molecule has 0 aliphatic rings. The monoisotopic (exact) mass is 461 g/mol.